The molecule has 17 heavy (non-hydrogen) atoms. The van der Waals surface area contributed by atoms with E-state index in [1.807, 2.05) is 0 Å². The molecule has 88 valence electrons. The largest absolute Gasteiger partial charge is 0.398 e. The zero-order valence-corrected chi connectivity index (χ0v) is 9.49. The fraction of sp³-hybridized carbons (Fsp3) is 0.0909. The molecule has 0 radical (unpaired) electrons. The van der Waals surface area contributed by atoms with E-state index in [-0.39, 0.29) is 12.2 Å². The van der Waals surface area contributed by atoms with Crippen molar-refractivity contribution in [2.45, 2.75) is 6.54 Å². The Morgan fingerprint density at radius 2 is 2.24 bits per heavy atom. The van der Waals surface area contributed by atoms with Crippen LogP contribution in [0.25, 0.3) is 0 Å². The van der Waals surface area contributed by atoms with E-state index in [9.17, 15) is 9.18 Å². The molecule has 1 aromatic carbocycles. The fourth-order valence-corrected chi connectivity index (χ4v) is 1.60. The first-order valence-corrected chi connectivity index (χ1v) is 5.20. The summed E-state index contributed by atoms with van der Waals surface area (Å²) in [6, 6.07) is 4.02. The van der Waals surface area contributed by atoms with Crippen LogP contribution in [0.5, 0.6) is 0 Å². The van der Waals surface area contributed by atoms with Crippen LogP contribution in [0.2, 0.25) is 5.02 Å². The van der Waals surface area contributed by atoms with Gasteiger partial charge in [-0.15, -0.1) is 0 Å². The Bertz CT molecular complexity index is 612. The Hall–Kier alpha value is -1.88. The van der Waals surface area contributed by atoms with E-state index >= 15 is 0 Å². The predicted octanol–water partition coefficient (Wildman–Crippen LogP) is 1.67. The van der Waals surface area contributed by atoms with Crippen LogP contribution in [0, 0.1) is 5.82 Å². The molecule has 0 aliphatic rings. The molecular weight excluding hydrogens is 245 g/mol. The quantitative estimate of drug-likeness (QED) is 0.828. The van der Waals surface area contributed by atoms with E-state index in [1.165, 1.54) is 35.2 Å². The second-order valence-corrected chi connectivity index (χ2v) is 3.96. The molecule has 2 N–H and O–H groups in total. The van der Waals surface area contributed by atoms with Crippen molar-refractivity contribution >= 4 is 17.3 Å². The van der Waals surface area contributed by atoms with Crippen LogP contribution in [0.3, 0.4) is 0 Å². The summed E-state index contributed by atoms with van der Waals surface area (Å²) >= 11 is 5.73. The number of halogens is 2. The molecule has 0 bridgehead atoms. The highest BCUT2D eigenvalue weighted by Gasteiger charge is 2.04. The third kappa shape index (κ3) is 2.62. The van der Waals surface area contributed by atoms with Crippen LogP contribution < -0.4 is 11.4 Å². The zero-order chi connectivity index (χ0) is 12.4. The lowest BCUT2D eigenvalue weighted by Gasteiger charge is -2.08. The molecule has 0 saturated carbocycles. The van der Waals surface area contributed by atoms with E-state index in [4.69, 9.17) is 17.3 Å². The Morgan fingerprint density at radius 3 is 2.94 bits per heavy atom. The van der Waals surface area contributed by atoms with Crippen molar-refractivity contribution in [3.63, 3.8) is 0 Å². The molecule has 2 aromatic rings. The number of nitrogens with two attached hydrogens (primary N) is 1. The van der Waals surface area contributed by atoms with Gasteiger partial charge in [-0.25, -0.2) is 14.2 Å². The van der Waals surface area contributed by atoms with Crippen LogP contribution in [0.15, 0.2) is 35.4 Å². The fourth-order valence-electron chi connectivity index (χ4n) is 1.44. The van der Waals surface area contributed by atoms with Crippen molar-refractivity contribution in [1.29, 1.82) is 0 Å². The predicted molar refractivity (Wildman–Crippen MR) is 63.4 cm³/mol. The molecule has 0 aliphatic carbocycles. The van der Waals surface area contributed by atoms with Gasteiger partial charge in [-0.3, -0.25) is 4.57 Å². The van der Waals surface area contributed by atoms with Gasteiger partial charge in [0, 0.05) is 11.9 Å². The van der Waals surface area contributed by atoms with Gasteiger partial charge in [-0.05, 0) is 17.7 Å². The molecule has 2 rings (SSSR count). The van der Waals surface area contributed by atoms with Crippen LogP contribution in [0.1, 0.15) is 5.56 Å². The molecule has 0 unspecified atom stereocenters. The molecule has 0 saturated heterocycles. The highest BCUT2D eigenvalue weighted by Crippen LogP contribution is 2.14. The second kappa shape index (κ2) is 4.55. The summed E-state index contributed by atoms with van der Waals surface area (Å²) in [7, 11) is 0. The van der Waals surface area contributed by atoms with Gasteiger partial charge in [-0.1, -0.05) is 17.7 Å². The van der Waals surface area contributed by atoms with E-state index in [2.05, 4.69) is 4.98 Å². The number of anilines is 1. The highest BCUT2D eigenvalue weighted by molar-refractivity contribution is 6.30. The van der Waals surface area contributed by atoms with E-state index in [0.29, 0.717) is 10.6 Å². The van der Waals surface area contributed by atoms with Crippen LogP contribution >= 0.6 is 11.6 Å². The second-order valence-electron chi connectivity index (χ2n) is 3.53. The van der Waals surface area contributed by atoms with Crippen LogP contribution in [-0.4, -0.2) is 9.55 Å². The van der Waals surface area contributed by atoms with Gasteiger partial charge in [0.1, 0.15) is 5.82 Å². The minimum absolute atomic E-state index is 0.207. The number of nitrogen functional groups attached to an aromatic ring is 1. The monoisotopic (exact) mass is 253 g/mol. The van der Waals surface area contributed by atoms with E-state index < -0.39 is 11.5 Å². The summed E-state index contributed by atoms with van der Waals surface area (Å²) < 4.78 is 14.2. The minimum atomic E-state index is -0.432. The molecule has 0 spiro atoms. The maximum Gasteiger partial charge on any atom is 0.347 e. The van der Waals surface area contributed by atoms with Crippen molar-refractivity contribution in [2.75, 3.05) is 5.73 Å². The zero-order valence-electron chi connectivity index (χ0n) is 8.73. The minimum Gasteiger partial charge on any atom is -0.398 e. The lowest BCUT2D eigenvalue weighted by atomic mass is 10.2. The van der Waals surface area contributed by atoms with Gasteiger partial charge in [0.15, 0.2) is 0 Å². The highest BCUT2D eigenvalue weighted by atomic mass is 35.5. The smallest absolute Gasteiger partial charge is 0.347 e. The first kappa shape index (κ1) is 11.6. The first-order chi connectivity index (χ1) is 8.06. The van der Waals surface area contributed by atoms with Crippen LogP contribution in [-0.2, 0) is 6.54 Å². The number of aromatic nitrogens is 2. The molecule has 6 heteroatoms. The maximum absolute atomic E-state index is 12.8. The average Bonchev–Trinajstić information content (AvgIpc) is 2.27. The van der Waals surface area contributed by atoms with Gasteiger partial charge in [0.2, 0.25) is 0 Å². The molecule has 1 heterocycles. The molecule has 0 atom stereocenters. The molecule has 1 aromatic heterocycles. The lowest BCUT2D eigenvalue weighted by molar-refractivity contribution is 0.626. The Labute approximate surface area is 101 Å². The van der Waals surface area contributed by atoms with Gasteiger partial charge >= 0.3 is 5.69 Å². The Balaban J connectivity index is 2.38. The normalized spacial score (nSPS) is 10.5. The van der Waals surface area contributed by atoms with Gasteiger partial charge in [0.25, 0.3) is 0 Å². The molecule has 4 nitrogen and oxygen atoms in total. The SMILES string of the molecule is Nc1cc(F)ccc1Cn1cc(Cl)cnc1=O. The van der Waals surface area contributed by atoms with Crippen LogP contribution in [0.4, 0.5) is 10.1 Å². The standard InChI is InChI=1S/C11H9ClFN3O/c12-8-4-15-11(17)16(6-8)5-7-1-2-9(13)3-10(7)14/h1-4,6H,5,14H2. The number of rotatable bonds is 2. The van der Waals surface area contributed by atoms with Crippen molar-refractivity contribution in [1.82, 2.24) is 9.55 Å². The van der Waals surface area contributed by atoms with Crippen molar-refractivity contribution in [3.05, 3.63) is 57.5 Å². The summed E-state index contributed by atoms with van der Waals surface area (Å²) in [5.41, 5.74) is 6.14. The third-order valence-corrected chi connectivity index (χ3v) is 2.47. The molecule has 0 amide bonds. The first-order valence-electron chi connectivity index (χ1n) is 4.82. The lowest BCUT2D eigenvalue weighted by Crippen LogP contribution is -2.22. The number of benzene rings is 1. The topological polar surface area (TPSA) is 60.9 Å². The summed E-state index contributed by atoms with van der Waals surface area (Å²) in [4.78, 5) is 15.0. The van der Waals surface area contributed by atoms with E-state index in [1.54, 1.807) is 0 Å². The Morgan fingerprint density at radius 1 is 1.47 bits per heavy atom. The third-order valence-electron chi connectivity index (χ3n) is 2.27. The average molecular weight is 254 g/mol. The number of hydrogen-bond acceptors (Lipinski definition) is 3. The number of nitrogens with zero attached hydrogens (tertiary/aromatic N) is 2. The number of hydrogen-bond donors (Lipinski definition) is 1. The molecular formula is C11H9ClFN3O. The van der Waals surface area contributed by atoms with Crippen molar-refractivity contribution in [3.8, 4) is 0 Å². The molecule has 0 fully saturated rings. The Kier molecular flexibility index (Phi) is 3.10. The van der Waals surface area contributed by atoms with Gasteiger partial charge < -0.3 is 5.73 Å². The van der Waals surface area contributed by atoms with Crippen molar-refractivity contribution < 1.29 is 4.39 Å². The summed E-state index contributed by atoms with van der Waals surface area (Å²) in [5, 5.41) is 0.352. The van der Waals surface area contributed by atoms with Gasteiger partial charge in [-0.2, -0.15) is 0 Å². The maximum atomic E-state index is 12.8. The summed E-state index contributed by atoms with van der Waals surface area (Å²) in [6.45, 7) is 0.207. The summed E-state index contributed by atoms with van der Waals surface area (Å²) in [5.74, 6) is -0.414. The van der Waals surface area contributed by atoms with Crippen molar-refractivity contribution in [2.24, 2.45) is 0 Å². The van der Waals surface area contributed by atoms with E-state index in [0.717, 1.165) is 0 Å². The van der Waals surface area contributed by atoms with Gasteiger partial charge in [0.05, 0.1) is 17.8 Å². The summed E-state index contributed by atoms with van der Waals surface area (Å²) in [6.07, 6.45) is 2.73. The molecule has 0 aliphatic heterocycles.